The molecule has 6 nitrogen and oxygen atoms in total. The van der Waals surface area contributed by atoms with Gasteiger partial charge in [-0.1, -0.05) is 24.6 Å². The van der Waals surface area contributed by atoms with Crippen LogP contribution in [0.15, 0.2) is 53.4 Å². The van der Waals surface area contributed by atoms with Gasteiger partial charge in [-0.3, -0.25) is 4.90 Å². The molecule has 0 spiro atoms. The van der Waals surface area contributed by atoms with Crippen molar-refractivity contribution in [3.05, 3.63) is 54.1 Å². The predicted molar refractivity (Wildman–Crippen MR) is 114 cm³/mol. The van der Waals surface area contributed by atoms with E-state index in [0.717, 1.165) is 37.2 Å². The fourth-order valence-electron chi connectivity index (χ4n) is 3.76. The maximum absolute atomic E-state index is 12.9. The Bertz CT molecular complexity index is 878. The van der Waals surface area contributed by atoms with E-state index in [1.165, 1.54) is 6.42 Å². The first kappa shape index (κ1) is 21.6. The normalized spacial score (nSPS) is 16.3. The molecule has 29 heavy (non-hydrogen) atoms. The Kier molecular flexibility index (Phi) is 7.52. The van der Waals surface area contributed by atoms with E-state index >= 15 is 0 Å². The number of hydrogen-bond acceptors (Lipinski definition) is 5. The van der Waals surface area contributed by atoms with Crippen molar-refractivity contribution < 1.29 is 17.9 Å². The van der Waals surface area contributed by atoms with Crippen LogP contribution in [0.2, 0.25) is 0 Å². The third kappa shape index (κ3) is 5.50. The minimum atomic E-state index is -3.63. The van der Waals surface area contributed by atoms with Gasteiger partial charge in [-0.2, -0.15) is 0 Å². The van der Waals surface area contributed by atoms with Crippen molar-refractivity contribution in [3.63, 3.8) is 0 Å². The van der Waals surface area contributed by atoms with Gasteiger partial charge in [0.1, 0.15) is 11.5 Å². The van der Waals surface area contributed by atoms with Crippen LogP contribution in [0.25, 0.3) is 0 Å². The molecule has 0 saturated carbocycles. The summed E-state index contributed by atoms with van der Waals surface area (Å²) in [6.07, 6.45) is 3.46. The molecule has 1 heterocycles. The van der Waals surface area contributed by atoms with Crippen LogP contribution < -0.4 is 14.2 Å². The second-order valence-corrected chi connectivity index (χ2v) is 8.88. The number of benzene rings is 2. The summed E-state index contributed by atoms with van der Waals surface area (Å²) >= 11 is 0. The van der Waals surface area contributed by atoms with Crippen LogP contribution >= 0.6 is 0 Å². The summed E-state index contributed by atoms with van der Waals surface area (Å²) in [7, 11) is -1.98. The van der Waals surface area contributed by atoms with Gasteiger partial charge in [0.05, 0.1) is 24.7 Å². The average Bonchev–Trinajstić information content (AvgIpc) is 2.75. The second kappa shape index (κ2) is 10.1. The number of ether oxygens (including phenoxy) is 2. The van der Waals surface area contributed by atoms with E-state index in [9.17, 15) is 8.42 Å². The molecule has 0 radical (unpaired) electrons. The number of rotatable bonds is 9. The second-order valence-electron chi connectivity index (χ2n) is 7.11. The lowest BCUT2D eigenvalue weighted by Crippen LogP contribution is -2.40. The van der Waals surface area contributed by atoms with Gasteiger partial charge in [-0.05, 0) is 63.2 Å². The Labute approximate surface area is 173 Å². The van der Waals surface area contributed by atoms with Crippen LogP contribution in [-0.2, 0) is 10.0 Å². The molecule has 1 aliphatic rings. The predicted octanol–water partition coefficient (Wildman–Crippen LogP) is 3.60. The lowest BCUT2D eigenvalue weighted by molar-refractivity contribution is 0.162. The molecule has 7 heteroatoms. The van der Waals surface area contributed by atoms with E-state index in [4.69, 9.17) is 9.47 Å². The Morgan fingerprint density at radius 3 is 2.38 bits per heavy atom. The molecule has 0 aromatic heterocycles. The highest BCUT2D eigenvalue weighted by molar-refractivity contribution is 7.89. The summed E-state index contributed by atoms with van der Waals surface area (Å²) in [4.78, 5) is 2.58. The molecule has 1 fully saturated rings. The van der Waals surface area contributed by atoms with Crippen molar-refractivity contribution >= 4 is 10.0 Å². The summed E-state index contributed by atoms with van der Waals surface area (Å²) in [6.45, 7) is 4.63. The lowest BCUT2D eigenvalue weighted by Gasteiger charge is -2.35. The molecule has 158 valence electrons. The van der Waals surface area contributed by atoms with Gasteiger partial charge in [-0.15, -0.1) is 0 Å². The van der Waals surface area contributed by atoms with E-state index in [-0.39, 0.29) is 17.5 Å². The SMILES string of the molecule is CCOc1ccc(S(=O)(=O)NCC(c2ccccc2OC)N2CCCCC2)cc1. The topological polar surface area (TPSA) is 67.9 Å². The van der Waals surface area contributed by atoms with Gasteiger partial charge in [0.15, 0.2) is 0 Å². The molecule has 2 aromatic rings. The first-order valence-corrected chi connectivity index (χ1v) is 11.6. The summed E-state index contributed by atoms with van der Waals surface area (Å²) < 4.78 is 39.5. The summed E-state index contributed by atoms with van der Waals surface area (Å²) in [5, 5.41) is 0. The molecular formula is C22H30N2O4S. The largest absolute Gasteiger partial charge is 0.496 e. The molecule has 0 bridgehead atoms. The number of para-hydroxylation sites is 1. The number of likely N-dealkylation sites (tertiary alicyclic amines) is 1. The fourth-order valence-corrected chi connectivity index (χ4v) is 4.80. The first-order valence-electron chi connectivity index (χ1n) is 10.1. The molecular weight excluding hydrogens is 388 g/mol. The van der Waals surface area contributed by atoms with E-state index < -0.39 is 10.0 Å². The maximum Gasteiger partial charge on any atom is 0.240 e. The Morgan fingerprint density at radius 2 is 1.72 bits per heavy atom. The molecule has 1 saturated heterocycles. The molecule has 0 amide bonds. The number of piperidine rings is 1. The standard InChI is InChI=1S/C22H30N2O4S/c1-3-28-18-11-13-19(14-12-18)29(25,26)23-17-21(24-15-7-4-8-16-24)20-9-5-6-10-22(20)27-2/h5-6,9-14,21,23H,3-4,7-8,15-17H2,1-2H3. The Balaban J connectivity index is 1.80. The van der Waals surface area contributed by atoms with Gasteiger partial charge >= 0.3 is 0 Å². The van der Waals surface area contributed by atoms with Crippen molar-refractivity contribution in [3.8, 4) is 11.5 Å². The summed E-state index contributed by atoms with van der Waals surface area (Å²) in [5.41, 5.74) is 1.01. The van der Waals surface area contributed by atoms with Gasteiger partial charge in [0.25, 0.3) is 0 Å². The summed E-state index contributed by atoms with van der Waals surface area (Å²) in [6, 6.07) is 14.3. The number of nitrogens with one attached hydrogen (secondary N) is 1. The van der Waals surface area contributed by atoms with Crippen molar-refractivity contribution in [2.45, 2.75) is 37.1 Å². The molecule has 2 aromatic carbocycles. The molecule has 0 aliphatic carbocycles. The molecule has 1 atom stereocenters. The molecule has 1 aliphatic heterocycles. The molecule has 1 N–H and O–H groups in total. The number of hydrogen-bond donors (Lipinski definition) is 1. The smallest absolute Gasteiger partial charge is 0.240 e. The monoisotopic (exact) mass is 418 g/mol. The van der Waals surface area contributed by atoms with Crippen LogP contribution in [0.5, 0.6) is 11.5 Å². The van der Waals surface area contributed by atoms with Gasteiger partial charge in [-0.25, -0.2) is 13.1 Å². The maximum atomic E-state index is 12.9. The van der Waals surface area contributed by atoms with E-state index in [1.54, 1.807) is 31.4 Å². The Hall–Kier alpha value is -2.09. The van der Waals surface area contributed by atoms with Crippen molar-refractivity contribution in [1.82, 2.24) is 9.62 Å². The third-order valence-electron chi connectivity index (χ3n) is 5.24. The van der Waals surface area contributed by atoms with E-state index in [1.807, 2.05) is 31.2 Å². The number of methoxy groups -OCH3 is 1. The molecule has 3 rings (SSSR count). The third-order valence-corrected chi connectivity index (χ3v) is 6.68. The lowest BCUT2D eigenvalue weighted by atomic mass is 10.0. The first-order chi connectivity index (χ1) is 14.0. The highest BCUT2D eigenvalue weighted by Crippen LogP contribution is 2.31. The number of sulfonamides is 1. The zero-order valence-electron chi connectivity index (χ0n) is 17.1. The highest BCUT2D eigenvalue weighted by Gasteiger charge is 2.27. The Morgan fingerprint density at radius 1 is 1.03 bits per heavy atom. The van der Waals surface area contributed by atoms with Crippen molar-refractivity contribution in [2.24, 2.45) is 0 Å². The van der Waals surface area contributed by atoms with Crippen LogP contribution in [-0.4, -0.2) is 46.7 Å². The van der Waals surface area contributed by atoms with Crippen LogP contribution in [0.4, 0.5) is 0 Å². The van der Waals surface area contributed by atoms with Crippen molar-refractivity contribution in [2.75, 3.05) is 33.4 Å². The molecule has 1 unspecified atom stereocenters. The van der Waals surface area contributed by atoms with Gasteiger partial charge < -0.3 is 9.47 Å². The van der Waals surface area contributed by atoms with Gasteiger partial charge in [0.2, 0.25) is 10.0 Å². The quantitative estimate of drug-likeness (QED) is 0.674. The van der Waals surface area contributed by atoms with Crippen LogP contribution in [0, 0.1) is 0 Å². The highest BCUT2D eigenvalue weighted by atomic mass is 32.2. The average molecular weight is 419 g/mol. The zero-order chi connectivity index (χ0) is 20.7. The fraction of sp³-hybridized carbons (Fsp3) is 0.455. The van der Waals surface area contributed by atoms with Crippen LogP contribution in [0.3, 0.4) is 0 Å². The van der Waals surface area contributed by atoms with Gasteiger partial charge in [0, 0.05) is 12.1 Å². The minimum absolute atomic E-state index is 0.0797. The van der Waals surface area contributed by atoms with Crippen LogP contribution in [0.1, 0.15) is 37.8 Å². The van der Waals surface area contributed by atoms with Crippen molar-refractivity contribution in [1.29, 1.82) is 0 Å². The zero-order valence-corrected chi connectivity index (χ0v) is 18.0. The van der Waals surface area contributed by atoms with E-state index in [2.05, 4.69) is 9.62 Å². The summed E-state index contributed by atoms with van der Waals surface area (Å²) in [5.74, 6) is 1.44. The minimum Gasteiger partial charge on any atom is -0.496 e. The number of nitrogens with zero attached hydrogens (tertiary/aromatic N) is 1. The van der Waals surface area contributed by atoms with E-state index in [0.29, 0.717) is 12.4 Å².